The Bertz CT molecular complexity index is 612. The van der Waals surface area contributed by atoms with Crippen LogP contribution in [-0.2, 0) is 9.59 Å². The largest absolute Gasteiger partial charge is 0.384 e. The molecule has 0 bridgehead atoms. The summed E-state index contributed by atoms with van der Waals surface area (Å²) in [7, 11) is 3.09. The Kier molecular flexibility index (Phi) is 2.81. The number of hydrogen-bond acceptors (Lipinski definition) is 6. The first-order valence-corrected chi connectivity index (χ1v) is 6.01. The second-order valence-electron chi connectivity index (χ2n) is 5.20. The van der Waals surface area contributed by atoms with Gasteiger partial charge in [-0.05, 0) is 5.92 Å². The van der Waals surface area contributed by atoms with E-state index >= 15 is 0 Å². The van der Waals surface area contributed by atoms with Crippen molar-refractivity contribution in [3.8, 4) is 12.1 Å². The molecular weight excluding hydrogens is 260 g/mol. The number of nitrogens with two attached hydrogens (primary N) is 1. The number of carbonyl (C=O) groups excluding carboxylic acids is 2. The maximum atomic E-state index is 12.3. The zero-order chi connectivity index (χ0) is 15.3. The van der Waals surface area contributed by atoms with Gasteiger partial charge >= 0.3 is 0 Å². The van der Waals surface area contributed by atoms with Gasteiger partial charge in [0, 0.05) is 20.5 Å². The van der Waals surface area contributed by atoms with Crippen molar-refractivity contribution < 1.29 is 9.59 Å². The highest BCUT2D eigenvalue weighted by Gasteiger charge is 2.74. The summed E-state index contributed by atoms with van der Waals surface area (Å²) >= 11 is 0. The van der Waals surface area contributed by atoms with Gasteiger partial charge < -0.3 is 5.73 Å². The average molecular weight is 274 g/mol. The Labute approximate surface area is 116 Å². The zero-order valence-corrected chi connectivity index (χ0v) is 11.4. The fourth-order valence-corrected chi connectivity index (χ4v) is 3.12. The van der Waals surface area contributed by atoms with E-state index in [-0.39, 0.29) is 18.2 Å². The molecule has 20 heavy (non-hydrogen) atoms. The summed E-state index contributed by atoms with van der Waals surface area (Å²) in [6.07, 6.45) is -0.0241. The van der Waals surface area contributed by atoms with Crippen molar-refractivity contribution in [1.29, 1.82) is 10.5 Å². The van der Waals surface area contributed by atoms with Crippen LogP contribution in [0.4, 0.5) is 0 Å². The number of piperidine rings is 1. The second-order valence-corrected chi connectivity index (χ2v) is 5.20. The predicted octanol–water partition coefficient (Wildman–Crippen LogP) is -0.999. The molecule has 8 heteroatoms. The van der Waals surface area contributed by atoms with E-state index in [1.165, 1.54) is 5.01 Å². The van der Waals surface area contributed by atoms with Crippen LogP contribution in [0, 0.1) is 34.0 Å². The van der Waals surface area contributed by atoms with Crippen LogP contribution in [0.3, 0.4) is 0 Å². The lowest BCUT2D eigenvalue weighted by atomic mass is 9.60. The van der Waals surface area contributed by atoms with Crippen LogP contribution in [0.25, 0.3) is 0 Å². The maximum absolute atomic E-state index is 12.3. The Morgan fingerprint density at radius 2 is 2.00 bits per heavy atom. The number of amides is 2. The molecule has 1 fully saturated rings. The highest BCUT2D eigenvalue weighted by Crippen LogP contribution is 2.52. The third-order valence-electron chi connectivity index (χ3n) is 4.01. The number of nitrogens with zero attached hydrogens (tertiary/aromatic N) is 5. The van der Waals surface area contributed by atoms with E-state index in [4.69, 9.17) is 5.73 Å². The van der Waals surface area contributed by atoms with Crippen molar-refractivity contribution in [2.24, 2.45) is 22.1 Å². The smallest absolute Gasteiger partial charge is 0.272 e. The van der Waals surface area contributed by atoms with E-state index in [1.54, 1.807) is 21.0 Å². The van der Waals surface area contributed by atoms with E-state index in [0.29, 0.717) is 0 Å². The lowest BCUT2D eigenvalue weighted by Gasteiger charge is -2.51. The first kappa shape index (κ1) is 14.0. The van der Waals surface area contributed by atoms with Gasteiger partial charge in [0.15, 0.2) is 5.41 Å². The first-order chi connectivity index (χ1) is 9.29. The average Bonchev–Trinajstić information content (AvgIpc) is 2.58. The van der Waals surface area contributed by atoms with Crippen molar-refractivity contribution >= 4 is 17.6 Å². The van der Waals surface area contributed by atoms with E-state index < -0.39 is 22.8 Å². The molecule has 0 unspecified atom stereocenters. The van der Waals surface area contributed by atoms with Gasteiger partial charge in [0.1, 0.15) is 11.9 Å². The number of hydrazine groups is 1. The molecule has 104 valence electrons. The quantitative estimate of drug-likeness (QED) is 0.653. The lowest BCUT2D eigenvalue weighted by molar-refractivity contribution is -0.171. The van der Waals surface area contributed by atoms with Crippen LogP contribution in [-0.4, -0.2) is 47.3 Å². The highest BCUT2D eigenvalue weighted by atomic mass is 16.2. The molecule has 8 nitrogen and oxygen atoms in total. The summed E-state index contributed by atoms with van der Waals surface area (Å²) in [5.41, 5.74) is 2.14. The van der Waals surface area contributed by atoms with Crippen LogP contribution < -0.4 is 5.73 Å². The van der Waals surface area contributed by atoms with Crippen LogP contribution in [0.1, 0.15) is 13.3 Å². The second kappa shape index (κ2) is 4.02. The molecule has 2 N–H and O–H groups in total. The number of nitriles is 2. The number of amidine groups is 1. The topological polar surface area (TPSA) is 127 Å². The molecule has 2 aliphatic rings. The van der Waals surface area contributed by atoms with Crippen molar-refractivity contribution in [3.05, 3.63) is 0 Å². The van der Waals surface area contributed by atoms with Gasteiger partial charge in [-0.3, -0.25) is 9.59 Å². The minimum absolute atomic E-state index is 0.0241. The molecule has 2 amide bonds. The minimum Gasteiger partial charge on any atom is -0.384 e. The molecule has 2 aliphatic heterocycles. The lowest BCUT2D eigenvalue weighted by Crippen LogP contribution is -2.73. The molecule has 0 spiro atoms. The number of rotatable bonds is 1. The molecule has 0 aromatic carbocycles. The van der Waals surface area contributed by atoms with Crippen LogP contribution >= 0.6 is 0 Å². The molecule has 2 rings (SSSR count). The summed E-state index contributed by atoms with van der Waals surface area (Å²) in [6.45, 7) is 1.59. The van der Waals surface area contributed by atoms with Gasteiger partial charge in [0.2, 0.25) is 11.4 Å². The number of carbonyl (C=O) groups is 2. The minimum atomic E-state index is -1.88. The van der Waals surface area contributed by atoms with E-state index in [2.05, 4.69) is 4.99 Å². The van der Waals surface area contributed by atoms with Gasteiger partial charge in [0.25, 0.3) is 5.91 Å². The summed E-state index contributed by atoms with van der Waals surface area (Å²) in [4.78, 5) is 28.1. The Morgan fingerprint density at radius 3 is 2.45 bits per heavy atom. The molecule has 3 atom stereocenters. The Hall–Kier alpha value is -2.45. The highest BCUT2D eigenvalue weighted by molar-refractivity contribution is 6.16. The van der Waals surface area contributed by atoms with Gasteiger partial charge in [-0.1, -0.05) is 6.92 Å². The molecule has 0 aliphatic carbocycles. The van der Waals surface area contributed by atoms with Crippen molar-refractivity contribution in [1.82, 2.24) is 10.0 Å². The standard InChI is InChI=1S/C12H14N6O2/c1-7-4-8(19)18(17(2)3)12(6-14)9(15)16-10(20)11(7,12)5-13/h7H,4H2,1-3H3,(H2,15,16,20)/t7-,11-,12-/m1/s1. The Balaban J connectivity index is 2.84. The normalized spacial score (nSPS) is 36.4. The SMILES string of the molecule is C[C@@H]1CC(=O)N(N(C)C)[C@]2(C#N)C(N)=NC(=O)[C@@]12C#N. The number of hydrogen-bond donors (Lipinski definition) is 1. The fraction of sp³-hybridized carbons (Fsp3) is 0.583. The molecule has 0 aromatic rings. The Morgan fingerprint density at radius 1 is 1.40 bits per heavy atom. The van der Waals surface area contributed by atoms with E-state index in [9.17, 15) is 20.1 Å². The zero-order valence-electron chi connectivity index (χ0n) is 11.4. The van der Waals surface area contributed by atoms with Gasteiger partial charge in [0.05, 0.1) is 6.07 Å². The monoisotopic (exact) mass is 274 g/mol. The third kappa shape index (κ3) is 1.19. The fourth-order valence-electron chi connectivity index (χ4n) is 3.12. The van der Waals surface area contributed by atoms with Gasteiger partial charge in [-0.2, -0.15) is 15.5 Å². The molecule has 0 aromatic heterocycles. The third-order valence-corrected chi connectivity index (χ3v) is 4.01. The predicted molar refractivity (Wildman–Crippen MR) is 67.3 cm³/mol. The molecule has 2 heterocycles. The number of aliphatic imine (C=N–C) groups is 1. The first-order valence-electron chi connectivity index (χ1n) is 6.01. The van der Waals surface area contributed by atoms with E-state index in [0.717, 1.165) is 5.01 Å². The van der Waals surface area contributed by atoms with Gasteiger partial charge in [-0.15, -0.1) is 0 Å². The molecule has 1 saturated heterocycles. The summed E-state index contributed by atoms with van der Waals surface area (Å²) in [5, 5.41) is 21.7. The van der Waals surface area contributed by atoms with Crippen molar-refractivity contribution in [2.45, 2.75) is 18.9 Å². The van der Waals surface area contributed by atoms with Crippen LogP contribution in [0.2, 0.25) is 0 Å². The summed E-state index contributed by atoms with van der Waals surface area (Å²) in [6, 6.07) is 3.83. The summed E-state index contributed by atoms with van der Waals surface area (Å²) in [5.74, 6) is -2.08. The van der Waals surface area contributed by atoms with Gasteiger partial charge in [-0.25, -0.2) is 10.0 Å². The van der Waals surface area contributed by atoms with Crippen molar-refractivity contribution in [3.63, 3.8) is 0 Å². The molecule has 0 saturated carbocycles. The number of fused-ring (bicyclic) bond motifs is 1. The van der Waals surface area contributed by atoms with Crippen LogP contribution in [0.5, 0.6) is 0 Å². The molecular formula is C12H14N6O2. The van der Waals surface area contributed by atoms with Crippen molar-refractivity contribution in [2.75, 3.05) is 14.1 Å². The van der Waals surface area contributed by atoms with E-state index in [1.807, 2.05) is 12.1 Å². The van der Waals surface area contributed by atoms with Crippen LogP contribution in [0.15, 0.2) is 4.99 Å². The maximum Gasteiger partial charge on any atom is 0.272 e. The molecule has 0 radical (unpaired) electrons. The summed E-state index contributed by atoms with van der Waals surface area (Å²) < 4.78 is 0.